The van der Waals surface area contributed by atoms with E-state index in [9.17, 15) is 57.9 Å². The summed E-state index contributed by atoms with van der Waals surface area (Å²) >= 11 is 2.75. The number of amides is 1. The zero-order valence-electron chi connectivity index (χ0n) is 19.5. The van der Waals surface area contributed by atoms with E-state index in [-0.39, 0.29) is 16.6 Å². The van der Waals surface area contributed by atoms with Crippen LogP contribution in [0.2, 0.25) is 0 Å². The zero-order valence-corrected chi connectivity index (χ0v) is 21.0. The van der Waals surface area contributed by atoms with Crippen molar-refractivity contribution >= 4 is 33.4 Å². The van der Waals surface area contributed by atoms with Gasteiger partial charge in [0.05, 0.1) is 10.0 Å². The first-order valence-corrected chi connectivity index (χ1v) is 11.5. The first-order valence-electron chi connectivity index (χ1n) is 10.7. The maximum atomic E-state index is 14.8. The highest BCUT2D eigenvalue weighted by atomic mass is 79.9. The molecule has 0 aliphatic carbocycles. The number of carbonyl (C=O) groups is 2. The molecule has 2 aromatic rings. The summed E-state index contributed by atoms with van der Waals surface area (Å²) in [7, 11) is 0. The molecule has 0 bridgehead atoms. The maximum absolute atomic E-state index is 14.8. The predicted octanol–water partition coefficient (Wildman–Crippen LogP) is 8.15. The summed E-state index contributed by atoms with van der Waals surface area (Å²) < 4.78 is 147. The average Bonchev–Trinajstić information content (AvgIpc) is 2.80. The Morgan fingerprint density at radius 2 is 1.59 bits per heavy atom. The highest BCUT2D eigenvalue weighted by molar-refractivity contribution is 9.10. The van der Waals surface area contributed by atoms with E-state index < -0.39 is 88.9 Å². The smallest absolute Gasteiger partial charge is 0.347 e. The quantitative estimate of drug-likeness (QED) is 0.234. The van der Waals surface area contributed by atoms with Crippen molar-refractivity contribution in [2.24, 2.45) is 5.92 Å². The lowest BCUT2D eigenvalue weighted by atomic mass is 9.92. The van der Waals surface area contributed by atoms with E-state index >= 15 is 0 Å². The number of nitrogens with one attached hydrogen (secondary N) is 1. The first-order chi connectivity index (χ1) is 17.7. The van der Waals surface area contributed by atoms with Crippen LogP contribution in [0.3, 0.4) is 0 Å². The van der Waals surface area contributed by atoms with Gasteiger partial charge in [0.15, 0.2) is 5.78 Å². The molecule has 1 unspecified atom stereocenters. The molecule has 0 heterocycles. The Morgan fingerprint density at radius 3 is 2.10 bits per heavy atom. The molecule has 0 saturated carbocycles. The largest absolute Gasteiger partial charge is 0.417 e. The molecule has 0 aliphatic heterocycles. The number of carbonyl (C=O) groups excluding carboxylic acids is 2. The van der Waals surface area contributed by atoms with Crippen molar-refractivity contribution in [3.8, 4) is 0 Å². The van der Waals surface area contributed by atoms with E-state index in [2.05, 4.69) is 15.9 Å². The molecule has 0 aromatic heterocycles. The Labute approximate surface area is 222 Å². The number of allylic oxidation sites excluding steroid dienone is 1. The summed E-state index contributed by atoms with van der Waals surface area (Å²) in [4.78, 5) is 24.2. The second-order valence-electron chi connectivity index (χ2n) is 8.33. The second kappa shape index (κ2) is 12.0. The van der Waals surface area contributed by atoms with Gasteiger partial charge >= 0.3 is 18.5 Å². The third-order valence-corrected chi connectivity index (χ3v) is 5.91. The number of Topliss-reactive ketones (excluding diaryl/α,β-unsaturated/α-hetero) is 1. The van der Waals surface area contributed by atoms with Gasteiger partial charge in [0, 0.05) is 23.5 Å². The van der Waals surface area contributed by atoms with Crippen molar-refractivity contribution in [1.29, 1.82) is 0 Å². The molecule has 0 fully saturated rings. The van der Waals surface area contributed by atoms with Crippen LogP contribution >= 0.6 is 15.9 Å². The fourth-order valence-electron chi connectivity index (χ4n) is 3.34. The van der Waals surface area contributed by atoms with Gasteiger partial charge in [-0.1, -0.05) is 25.1 Å². The van der Waals surface area contributed by atoms with Crippen molar-refractivity contribution < 1.29 is 57.9 Å². The summed E-state index contributed by atoms with van der Waals surface area (Å²) in [6.45, 7) is -0.736. The van der Waals surface area contributed by atoms with E-state index in [1.54, 1.807) is 0 Å². The number of benzene rings is 2. The minimum Gasteiger partial charge on any atom is -0.347 e. The molecule has 0 radical (unpaired) electrons. The first kappa shape index (κ1) is 32.2. The lowest BCUT2D eigenvalue weighted by Gasteiger charge is -2.19. The van der Waals surface area contributed by atoms with E-state index in [0.29, 0.717) is 18.2 Å². The fraction of sp³-hybridized carbons (Fsp3) is 0.333. The molecule has 214 valence electrons. The fourth-order valence-corrected chi connectivity index (χ4v) is 3.59. The van der Waals surface area contributed by atoms with Gasteiger partial charge in [-0.05, 0) is 45.8 Å². The van der Waals surface area contributed by atoms with Gasteiger partial charge < -0.3 is 5.32 Å². The van der Waals surface area contributed by atoms with Gasteiger partial charge in [-0.15, -0.1) is 0 Å². The van der Waals surface area contributed by atoms with Crippen LogP contribution in [0.25, 0.3) is 5.83 Å². The van der Waals surface area contributed by atoms with Crippen LogP contribution in [-0.4, -0.2) is 30.6 Å². The SMILES string of the molecule is C[C@@H](CC(=O)c1ccc(/C(F)=C/C(c2ccc(Br)c(F)c2)C(F)(F)F)cc1C(F)(F)F)C(=O)NCC(F)(F)F. The van der Waals surface area contributed by atoms with Crippen LogP contribution in [0.1, 0.15) is 46.3 Å². The van der Waals surface area contributed by atoms with Crippen molar-refractivity contribution in [3.63, 3.8) is 0 Å². The number of ketones is 1. The van der Waals surface area contributed by atoms with Crippen LogP contribution in [0.4, 0.5) is 48.3 Å². The van der Waals surface area contributed by atoms with Gasteiger partial charge in [-0.2, -0.15) is 39.5 Å². The van der Waals surface area contributed by atoms with Crippen LogP contribution in [0, 0.1) is 11.7 Å². The molecule has 39 heavy (non-hydrogen) atoms. The summed E-state index contributed by atoms with van der Waals surface area (Å²) in [6.07, 6.45) is -16.2. The third-order valence-electron chi connectivity index (χ3n) is 5.27. The maximum Gasteiger partial charge on any atom is 0.417 e. The monoisotopic (exact) mass is 639 g/mol. The Hall–Kier alpha value is -2.97. The lowest BCUT2D eigenvalue weighted by molar-refractivity contribution is -0.140. The molecule has 1 N–H and O–H groups in total. The molecule has 15 heteroatoms. The summed E-state index contributed by atoms with van der Waals surface area (Å²) in [6, 6.07) is 3.41. The molecule has 3 nitrogen and oxygen atoms in total. The van der Waals surface area contributed by atoms with Gasteiger partial charge in [0.25, 0.3) is 0 Å². The molecule has 2 atom stereocenters. The van der Waals surface area contributed by atoms with Gasteiger partial charge in [-0.3, -0.25) is 9.59 Å². The molecule has 0 spiro atoms. The lowest BCUT2D eigenvalue weighted by Crippen LogP contribution is -2.37. The highest BCUT2D eigenvalue weighted by Crippen LogP contribution is 2.40. The standard InChI is InChI=1S/C24H17BrF11NO2/c1-11(21(39)37-10-22(28,29)30)6-20(38)14-4-2-13(7-16(14)24(34,35)36)18(26)9-15(23(31,32)33)12-3-5-17(25)19(27)8-12/h2-5,7-9,11,15H,6,10H2,1H3,(H,37,39)/b18-9-/t11-,15?/m0/s1. The molecule has 2 aromatic carbocycles. The number of alkyl halides is 9. The number of hydrogen-bond donors (Lipinski definition) is 1. The van der Waals surface area contributed by atoms with E-state index in [1.165, 1.54) is 5.32 Å². The van der Waals surface area contributed by atoms with E-state index in [4.69, 9.17) is 0 Å². The van der Waals surface area contributed by atoms with Gasteiger partial charge in [0.1, 0.15) is 24.1 Å². The predicted molar refractivity (Wildman–Crippen MR) is 121 cm³/mol. The Balaban J connectivity index is 2.42. The molecule has 1 amide bonds. The van der Waals surface area contributed by atoms with Crippen molar-refractivity contribution in [3.05, 3.63) is 75.0 Å². The molecular weight excluding hydrogens is 623 g/mol. The summed E-state index contributed by atoms with van der Waals surface area (Å²) in [5, 5.41) is 1.48. The molecule has 0 saturated heterocycles. The van der Waals surface area contributed by atoms with Crippen LogP contribution in [-0.2, 0) is 11.0 Å². The Bertz CT molecular complexity index is 1250. The molecule has 0 aliphatic rings. The van der Waals surface area contributed by atoms with Crippen molar-refractivity contribution in [2.75, 3.05) is 6.54 Å². The molecular formula is C24H17BrF11NO2. The Kier molecular flexibility index (Phi) is 9.96. The normalized spacial score (nSPS) is 14.6. The Morgan fingerprint density at radius 1 is 0.974 bits per heavy atom. The van der Waals surface area contributed by atoms with Crippen LogP contribution in [0.15, 0.2) is 46.9 Å². The van der Waals surface area contributed by atoms with Gasteiger partial charge in [0.2, 0.25) is 5.91 Å². The zero-order chi connectivity index (χ0) is 29.9. The van der Waals surface area contributed by atoms with E-state index in [0.717, 1.165) is 19.1 Å². The number of hydrogen-bond acceptors (Lipinski definition) is 2. The minimum absolute atomic E-state index is 0.0489. The topological polar surface area (TPSA) is 46.2 Å². The van der Waals surface area contributed by atoms with Crippen molar-refractivity contribution in [2.45, 2.75) is 37.8 Å². The van der Waals surface area contributed by atoms with Crippen LogP contribution in [0.5, 0.6) is 0 Å². The second-order valence-corrected chi connectivity index (χ2v) is 9.18. The average molecular weight is 640 g/mol. The summed E-state index contributed by atoms with van der Waals surface area (Å²) in [5.41, 5.74) is -4.53. The third kappa shape index (κ3) is 9.04. The molecule has 2 rings (SSSR count). The van der Waals surface area contributed by atoms with Crippen molar-refractivity contribution in [1.82, 2.24) is 5.32 Å². The number of halogens is 12. The van der Waals surface area contributed by atoms with Crippen LogP contribution < -0.4 is 5.32 Å². The summed E-state index contributed by atoms with van der Waals surface area (Å²) in [5.74, 6) is -9.67. The minimum atomic E-state index is -5.30. The highest BCUT2D eigenvalue weighted by Gasteiger charge is 2.41. The van der Waals surface area contributed by atoms with E-state index in [1.807, 2.05) is 0 Å². The van der Waals surface area contributed by atoms with Gasteiger partial charge in [-0.25, -0.2) is 8.78 Å². The number of rotatable bonds is 8.